The molecule has 3 heterocycles. The lowest BCUT2D eigenvalue weighted by atomic mass is 10.1. The summed E-state index contributed by atoms with van der Waals surface area (Å²) in [6.07, 6.45) is -2.24. The topological polar surface area (TPSA) is 169 Å². The van der Waals surface area contributed by atoms with Crippen LogP contribution in [0.2, 0.25) is 5.28 Å². The summed E-state index contributed by atoms with van der Waals surface area (Å²) >= 11 is 6.07. The second kappa shape index (κ2) is 10.1. The van der Waals surface area contributed by atoms with Crippen LogP contribution in [0.25, 0.3) is 11.2 Å². The summed E-state index contributed by atoms with van der Waals surface area (Å²) < 4.78 is 6.98. The SMILES string of the molecule is CN.O=Cc1ccc(CNc2nc(Cl)nc3c2ncn3C2OC(CO)C(O)C2O)cc1. The third-order valence-electron chi connectivity index (χ3n) is 4.76. The van der Waals surface area contributed by atoms with Crippen molar-refractivity contribution in [3.8, 4) is 0 Å². The van der Waals surface area contributed by atoms with Gasteiger partial charge in [-0.1, -0.05) is 24.3 Å². The zero-order valence-electron chi connectivity index (χ0n) is 16.6. The molecule has 4 unspecified atom stereocenters. The number of anilines is 1. The molecular weight excluding hydrogens is 428 g/mol. The summed E-state index contributed by atoms with van der Waals surface area (Å²) in [5.41, 5.74) is 6.70. The number of ether oxygens (including phenoxy) is 1. The van der Waals surface area contributed by atoms with Crippen LogP contribution in [-0.4, -0.2) is 73.1 Å². The Morgan fingerprint density at radius 3 is 2.55 bits per heavy atom. The summed E-state index contributed by atoms with van der Waals surface area (Å²) in [5.74, 6) is 0.380. The number of nitrogens with zero attached hydrogens (tertiary/aromatic N) is 4. The molecule has 0 saturated carbocycles. The van der Waals surface area contributed by atoms with E-state index in [1.807, 2.05) is 12.1 Å². The molecule has 12 heteroatoms. The highest BCUT2D eigenvalue weighted by molar-refractivity contribution is 6.28. The Balaban J connectivity index is 0.00000132. The molecule has 1 aliphatic heterocycles. The van der Waals surface area contributed by atoms with Crippen LogP contribution in [-0.2, 0) is 11.3 Å². The van der Waals surface area contributed by atoms with Gasteiger partial charge in [0.05, 0.1) is 12.9 Å². The van der Waals surface area contributed by atoms with Gasteiger partial charge in [-0.3, -0.25) is 9.36 Å². The fraction of sp³-hybridized carbons (Fsp3) is 0.368. The Morgan fingerprint density at radius 2 is 1.94 bits per heavy atom. The normalized spacial score (nSPS) is 22.8. The molecule has 11 nitrogen and oxygen atoms in total. The molecule has 6 N–H and O–H groups in total. The second-order valence-electron chi connectivity index (χ2n) is 6.61. The van der Waals surface area contributed by atoms with Crippen LogP contribution < -0.4 is 11.1 Å². The molecule has 0 bridgehead atoms. The highest BCUT2D eigenvalue weighted by Gasteiger charge is 2.44. The first-order valence-electron chi connectivity index (χ1n) is 9.40. The number of aromatic nitrogens is 4. The maximum atomic E-state index is 10.8. The van der Waals surface area contributed by atoms with Crippen molar-refractivity contribution in [1.29, 1.82) is 0 Å². The fourth-order valence-electron chi connectivity index (χ4n) is 3.21. The number of imidazole rings is 1. The van der Waals surface area contributed by atoms with Crippen molar-refractivity contribution in [3.63, 3.8) is 0 Å². The highest BCUT2D eigenvalue weighted by atomic mass is 35.5. The Hall–Kier alpha value is -2.67. The molecule has 31 heavy (non-hydrogen) atoms. The largest absolute Gasteiger partial charge is 0.394 e. The molecular formula is C19H23ClN6O5. The van der Waals surface area contributed by atoms with Gasteiger partial charge in [0.1, 0.15) is 24.6 Å². The molecule has 166 valence electrons. The molecule has 4 atom stereocenters. The standard InChI is InChI=1S/C18H18ClN5O5.CH5N/c19-18-22-15(20-5-9-1-3-10(6-25)4-2-9)12-16(23-18)24(8-21-12)17-14(28)13(27)11(7-26)29-17;1-2/h1-4,6,8,11,13-14,17,26-28H,5,7H2,(H,20,22,23);2H2,1H3. The molecule has 0 radical (unpaired) electrons. The smallest absolute Gasteiger partial charge is 0.226 e. The summed E-state index contributed by atoms with van der Waals surface area (Å²) in [7, 11) is 1.50. The van der Waals surface area contributed by atoms with E-state index in [1.54, 1.807) is 12.1 Å². The lowest BCUT2D eigenvalue weighted by Gasteiger charge is -2.16. The molecule has 1 fully saturated rings. The van der Waals surface area contributed by atoms with E-state index in [4.69, 9.17) is 16.3 Å². The van der Waals surface area contributed by atoms with Crippen molar-refractivity contribution in [3.05, 3.63) is 47.0 Å². The van der Waals surface area contributed by atoms with Gasteiger partial charge in [0.25, 0.3) is 0 Å². The highest BCUT2D eigenvalue weighted by Crippen LogP contribution is 2.32. The minimum absolute atomic E-state index is 0.0372. The predicted molar refractivity (Wildman–Crippen MR) is 113 cm³/mol. The monoisotopic (exact) mass is 450 g/mol. The molecule has 1 aliphatic rings. The van der Waals surface area contributed by atoms with Crippen molar-refractivity contribution in [2.24, 2.45) is 5.73 Å². The van der Waals surface area contributed by atoms with Gasteiger partial charge < -0.3 is 31.1 Å². The van der Waals surface area contributed by atoms with E-state index in [0.717, 1.165) is 11.8 Å². The van der Waals surface area contributed by atoms with Crippen molar-refractivity contribution < 1.29 is 24.9 Å². The minimum atomic E-state index is -1.27. The van der Waals surface area contributed by atoms with Gasteiger partial charge in [0.2, 0.25) is 5.28 Å². The van der Waals surface area contributed by atoms with Gasteiger partial charge in [0, 0.05) is 12.1 Å². The lowest BCUT2D eigenvalue weighted by Crippen LogP contribution is -2.33. The summed E-state index contributed by atoms with van der Waals surface area (Å²) in [6.45, 7) is -0.0326. The number of nitrogens with two attached hydrogens (primary N) is 1. The van der Waals surface area contributed by atoms with Crippen LogP contribution in [0.1, 0.15) is 22.1 Å². The first-order valence-corrected chi connectivity index (χ1v) is 9.78. The number of carbonyl (C=O) groups is 1. The fourth-order valence-corrected chi connectivity index (χ4v) is 3.37. The number of benzene rings is 1. The molecule has 2 aromatic heterocycles. The van der Waals surface area contributed by atoms with Crippen molar-refractivity contribution in [1.82, 2.24) is 19.5 Å². The second-order valence-corrected chi connectivity index (χ2v) is 6.95. The minimum Gasteiger partial charge on any atom is -0.394 e. The Kier molecular flexibility index (Phi) is 7.49. The Bertz CT molecular complexity index is 1030. The van der Waals surface area contributed by atoms with Crippen molar-refractivity contribution in [2.45, 2.75) is 31.1 Å². The summed E-state index contributed by atoms with van der Waals surface area (Å²) in [6, 6.07) is 7.05. The van der Waals surface area contributed by atoms with Gasteiger partial charge in [-0.15, -0.1) is 0 Å². The number of fused-ring (bicyclic) bond motifs is 1. The van der Waals surface area contributed by atoms with E-state index < -0.39 is 31.1 Å². The van der Waals surface area contributed by atoms with E-state index in [0.29, 0.717) is 29.1 Å². The van der Waals surface area contributed by atoms with E-state index in [1.165, 1.54) is 17.9 Å². The third kappa shape index (κ3) is 4.66. The van der Waals surface area contributed by atoms with Crippen LogP contribution >= 0.6 is 11.6 Å². The zero-order chi connectivity index (χ0) is 22.5. The van der Waals surface area contributed by atoms with Crippen LogP contribution in [0, 0.1) is 0 Å². The molecule has 1 saturated heterocycles. The molecule has 0 aliphatic carbocycles. The van der Waals surface area contributed by atoms with Gasteiger partial charge in [-0.05, 0) is 24.2 Å². The quantitative estimate of drug-likeness (QED) is 0.256. The number of aliphatic hydroxyl groups excluding tert-OH is 3. The van der Waals surface area contributed by atoms with E-state index in [9.17, 15) is 20.1 Å². The van der Waals surface area contributed by atoms with Gasteiger partial charge in [0.15, 0.2) is 23.2 Å². The first kappa shape index (κ1) is 23.0. The van der Waals surface area contributed by atoms with E-state index in [-0.39, 0.29) is 5.28 Å². The number of nitrogens with one attached hydrogen (secondary N) is 1. The molecule has 0 spiro atoms. The Labute approximate surface area is 182 Å². The molecule has 0 amide bonds. The molecule has 3 aromatic rings. The van der Waals surface area contributed by atoms with Crippen LogP contribution in [0.15, 0.2) is 30.6 Å². The molecule has 1 aromatic carbocycles. The summed E-state index contributed by atoms with van der Waals surface area (Å²) in [5, 5.41) is 32.6. The first-order chi connectivity index (χ1) is 15.0. The third-order valence-corrected chi connectivity index (χ3v) is 4.93. The maximum Gasteiger partial charge on any atom is 0.226 e. The van der Waals surface area contributed by atoms with Gasteiger partial charge in [-0.2, -0.15) is 9.97 Å². The number of aldehydes is 1. The average molecular weight is 451 g/mol. The van der Waals surface area contributed by atoms with Crippen LogP contribution in [0.3, 0.4) is 0 Å². The number of rotatable bonds is 6. The lowest BCUT2D eigenvalue weighted by molar-refractivity contribution is -0.0511. The maximum absolute atomic E-state index is 10.8. The van der Waals surface area contributed by atoms with E-state index >= 15 is 0 Å². The predicted octanol–water partition coefficient (Wildman–Crippen LogP) is 0.0907. The number of hydrogen-bond acceptors (Lipinski definition) is 10. The van der Waals surface area contributed by atoms with Crippen LogP contribution in [0.5, 0.6) is 0 Å². The number of hydrogen-bond donors (Lipinski definition) is 5. The average Bonchev–Trinajstić information content (AvgIpc) is 3.34. The Morgan fingerprint density at radius 1 is 1.23 bits per heavy atom. The van der Waals surface area contributed by atoms with E-state index in [2.05, 4.69) is 26.0 Å². The van der Waals surface area contributed by atoms with Crippen molar-refractivity contribution in [2.75, 3.05) is 19.0 Å². The van der Waals surface area contributed by atoms with Gasteiger partial charge in [-0.25, -0.2) is 4.98 Å². The number of carbonyl (C=O) groups excluding carboxylic acids is 1. The summed E-state index contributed by atoms with van der Waals surface area (Å²) in [4.78, 5) is 23.4. The van der Waals surface area contributed by atoms with Crippen LogP contribution in [0.4, 0.5) is 5.82 Å². The van der Waals surface area contributed by atoms with Gasteiger partial charge >= 0.3 is 0 Å². The van der Waals surface area contributed by atoms with Crippen molar-refractivity contribution >= 4 is 34.9 Å². The number of halogens is 1. The number of aliphatic hydroxyl groups is 3. The molecule has 4 rings (SSSR count). The zero-order valence-corrected chi connectivity index (χ0v) is 17.3.